The molecule has 96 valence electrons. The summed E-state index contributed by atoms with van der Waals surface area (Å²) < 4.78 is 0. The number of aromatic amines is 1. The second-order valence-corrected chi connectivity index (χ2v) is 5.51. The lowest BCUT2D eigenvalue weighted by atomic mass is 10.2. The zero-order valence-electron chi connectivity index (χ0n) is 10.8. The maximum atomic E-state index is 12.1. The fraction of sp³-hybridized carbons (Fsp3) is 0.455. The minimum Gasteiger partial charge on any atom is -0.331 e. The molecule has 1 N–H and O–H groups in total. The summed E-state index contributed by atoms with van der Waals surface area (Å²) in [4.78, 5) is 23.2. The molecule has 0 spiro atoms. The molecule has 0 aliphatic rings. The Hall–Kier alpha value is -1.76. The number of hydrogen-bond acceptors (Lipinski definition) is 5. The Morgan fingerprint density at radius 2 is 2.22 bits per heavy atom. The van der Waals surface area contributed by atoms with Crippen LogP contribution in [-0.4, -0.2) is 38.0 Å². The van der Waals surface area contributed by atoms with Crippen molar-refractivity contribution in [2.45, 2.75) is 26.8 Å². The highest BCUT2D eigenvalue weighted by Crippen LogP contribution is 2.26. The molecule has 1 atom stereocenters. The molecule has 0 fully saturated rings. The number of thiazole rings is 1. The van der Waals surface area contributed by atoms with Crippen molar-refractivity contribution in [1.82, 2.24) is 25.1 Å². The van der Waals surface area contributed by atoms with Crippen molar-refractivity contribution < 1.29 is 4.79 Å². The van der Waals surface area contributed by atoms with E-state index in [2.05, 4.69) is 20.2 Å². The highest BCUT2D eigenvalue weighted by molar-refractivity contribution is 7.11. The van der Waals surface area contributed by atoms with E-state index in [0.717, 1.165) is 15.6 Å². The van der Waals surface area contributed by atoms with Gasteiger partial charge in [0, 0.05) is 11.9 Å². The Morgan fingerprint density at radius 3 is 2.72 bits per heavy atom. The molecule has 2 rings (SSSR count). The van der Waals surface area contributed by atoms with E-state index in [-0.39, 0.29) is 17.8 Å². The summed E-state index contributed by atoms with van der Waals surface area (Å²) in [6, 6.07) is -0.0902. The number of aromatic nitrogens is 4. The zero-order chi connectivity index (χ0) is 13.3. The summed E-state index contributed by atoms with van der Waals surface area (Å²) in [7, 11) is 1.74. The molecule has 1 amide bonds. The number of nitrogens with zero attached hydrogens (tertiary/aromatic N) is 4. The first-order valence-corrected chi connectivity index (χ1v) is 6.38. The van der Waals surface area contributed by atoms with Crippen LogP contribution >= 0.6 is 11.3 Å². The van der Waals surface area contributed by atoms with Gasteiger partial charge < -0.3 is 4.90 Å². The van der Waals surface area contributed by atoms with E-state index < -0.39 is 0 Å². The van der Waals surface area contributed by atoms with Crippen LogP contribution in [0.3, 0.4) is 0 Å². The van der Waals surface area contributed by atoms with E-state index in [9.17, 15) is 4.79 Å². The van der Waals surface area contributed by atoms with Crippen LogP contribution in [0.5, 0.6) is 0 Å². The van der Waals surface area contributed by atoms with Gasteiger partial charge in [0.25, 0.3) is 5.91 Å². The van der Waals surface area contributed by atoms with Crippen molar-refractivity contribution in [3.8, 4) is 0 Å². The highest BCUT2D eigenvalue weighted by atomic mass is 32.1. The monoisotopic (exact) mass is 265 g/mol. The summed E-state index contributed by atoms with van der Waals surface area (Å²) in [5, 5.41) is 7.27. The van der Waals surface area contributed by atoms with Crippen molar-refractivity contribution >= 4 is 17.2 Å². The molecule has 0 bridgehead atoms. The largest absolute Gasteiger partial charge is 0.331 e. The summed E-state index contributed by atoms with van der Waals surface area (Å²) in [5.74, 6) is 0.0546. The summed E-state index contributed by atoms with van der Waals surface area (Å²) >= 11 is 1.64. The van der Waals surface area contributed by atoms with Gasteiger partial charge in [-0.15, -0.1) is 11.3 Å². The number of rotatable bonds is 3. The molecule has 2 aromatic heterocycles. The Labute approximate surface area is 109 Å². The summed E-state index contributed by atoms with van der Waals surface area (Å²) in [6.45, 7) is 5.94. The van der Waals surface area contributed by atoms with Gasteiger partial charge in [0.15, 0.2) is 0 Å². The Bertz CT molecular complexity index is 548. The molecule has 0 unspecified atom stereocenters. The first-order chi connectivity index (χ1) is 8.50. The van der Waals surface area contributed by atoms with E-state index >= 15 is 0 Å². The van der Waals surface area contributed by atoms with Gasteiger partial charge in [-0.25, -0.2) is 9.97 Å². The minimum absolute atomic E-state index is 0.0902. The van der Waals surface area contributed by atoms with Crippen LogP contribution < -0.4 is 0 Å². The molecule has 0 aliphatic heterocycles. The van der Waals surface area contributed by atoms with Gasteiger partial charge in [-0.05, 0) is 20.8 Å². The second-order valence-electron chi connectivity index (χ2n) is 4.10. The quantitative estimate of drug-likeness (QED) is 0.916. The summed E-state index contributed by atoms with van der Waals surface area (Å²) in [6.07, 6.45) is 1.32. The Kier molecular flexibility index (Phi) is 3.42. The van der Waals surface area contributed by atoms with Gasteiger partial charge in [-0.1, -0.05) is 0 Å². The average molecular weight is 265 g/mol. The molecular weight excluding hydrogens is 250 g/mol. The number of aryl methyl sites for hydroxylation is 2. The Morgan fingerprint density at radius 1 is 1.50 bits per heavy atom. The van der Waals surface area contributed by atoms with Gasteiger partial charge in [0.05, 0.1) is 16.7 Å². The predicted octanol–water partition coefficient (Wildman–Crippen LogP) is 1.71. The lowest BCUT2D eigenvalue weighted by Crippen LogP contribution is -2.31. The molecule has 18 heavy (non-hydrogen) atoms. The number of nitrogens with one attached hydrogen (secondary N) is 1. The van der Waals surface area contributed by atoms with Crippen molar-refractivity contribution in [1.29, 1.82) is 0 Å². The number of carbonyl (C=O) groups excluding carboxylic acids is 1. The fourth-order valence-electron chi connectivity index (χ4n) is 1.77. The van der Waals surface area contributed by atoms with Gasteiger partial charge in [0.2, 0.25) is 5.82 Å². The van der Waals surface area contributed by atoms with Crippen LogP contribution in [0.25, 0.3) is 0 Å². The first-order valence-electron chi connectivity index (χ1n) is 5.57. The second kappa shape index (κ2) is 4.85. The van der Waals surface area contributed by atoms with E-state index in [1.807, 2.05) is 20.8 Å². The first kappa shape index (κ1) is 12.7. The lowest BCUT2D eigenvalue weighted by molar-refractivity contribution is 0.0728. The fourth-order valence-corrected chi connectivity index (χ4v) is 2.68. The van der Waals surface area contributed by atoms with Crippen LogP contribution in [0, 0.1) is 13.8 Å². The van der Waals surface area contributed by atoms with Crippen molar-refractivity contribution in [3.63, 3.8) is 0 Å². The van der Waals surface area contributed by atoms with Crippen LogP contribution in [-0.2, 0) is 0 Å². The Balaban J connectivity index is 2.21. The van der Waals surface area contributed by atoms with E-state index in [1.54, 1.807) is 23.3 Å². The smallest absolute Gasteiger partial charge is 0.291 e. The van der Waals surface area contributed by atoms with E-state index in [1.165, 1.54) is 6.33 Å². The summed E-state index contributed by atoms with van der Waals surface area (Å²) in [5.41, 5.74) is 0.938. The van der Waals surface area contributed by atoms with Crippen molar-refractivity contribution in [2.75, 3.05) is 7.05 Å². The van der Waals surface area contributed by atoms with Crippen LogP contribution in [0.4, 0.5) is 0 Å². The zero-order valence-corrected chi connectivity index (χ0v) is 11.6. The molecule has 2 heterocycles. The van der Waals surface area contributed by atoms with Crippen LogP contribution in [0.2, 0.25) is 0 Å². The standard InChI is InChI=1S/C11H15N5OS/c1-6(9-7(2)18-8(3)14-9)16(4)11(17)10-12-5-13-15-10/h5-6H,1-4H3,(H,12,13,15)/t6-/m0/s1. The lowest BCUT2D eigenvalue weighted by Gasteiger charge is -2.23. The minimum atomic E-state index is -0.190. The molecule has 0 radical (unpaired) electrons. The van der Waals surface area contributed by atoms with E-state index in [0.29, 0.717) is 0 Å². The van der Waals surface area contributed by atoms with Gasteiger partial charge >= 0.3 is 0 Å². The van der Waals surface area contributed by atoms with Gasteiger partial charge in [0.1, 0.15) is 6.33 Å². The third kappa shape index (κ3) is 2.26. The molecule has 0 aliphatic carbocycles. The molecule has 7 heteroatoms. The topological polar surface area (TPSA) is 74.8 Å². The molecule has 0 aromatic carbocycles. The normalized spacial score (nSPS) is 12.4. The third-order valence-corrected chi connectivity index (χ3v) is 3.76. The molecular formula is C11H15N5OS. The van der Waals surface area contributed by atoms with Gasteiger partial charge in [-0.3, -0.25) is 9.89 Å². The average Bonchev–Trinajstić information content (AvgIpc) is 2.96. The third-order valence-electron chi connectivity index (χ3n) is 2.85. The predicted molar refractivity (Wildman–Crippen MR) is 68.5 cm³/mol. The van der Waals surface area contributed by atoms with Crippen LogP contribution in [0.15, 0.2) is 6.33 Å². The van der Waals surface area contributed by atoms with E-state index in [4.69, 9.17) is 0 Å². The number of carbonyl (C=O) groups is 1. The van der Waals surface area contributed by atoms with Gasteiger partial charge in [-0.2, -0.15) is 5.10 Å². The molecule has 2 aromatic rings. The molecule has 6 nitrogen and oxygen atoms in total. The number of H-pyrrole nitrogens is 1. The van der Waals surface area contributed by atoms with Crippen molar-refractivity contribution in [2.24, 2.45) is 0 Å². The van der Waals surface area contributed by atoms with Crippen LogP contribution in [0.1, 0.15) is 39.2 Å². The highest BCUT2D eigenvalue weighted by Gasteiger charge is 2.24. The maximum absolute atomic E-state index is 12.1. The molecule has 0 saturated carbocycles. The number of hydrogen-bond donors (Lipinski definition) is 1. The SMILES string of the molecule is Cc1nc([C@H](C)N(C)C(=O)c2ncn[nH]2)c(C)s1. The maximum Gasteiger partial charge on any atom is 0.291 e. The van der Waals surface area contributed by atoms with Crippen molar-refractivity contribution in [3.05, 3.63) is 27.7 Å². The molecule has 0 saturated heterocycles. The number of amides is 1.